The van der Waals surface area contributed by atoms with E-state index in [1.807, 2.05) is 0 Å². The number of rotatable bonds is 3. The Kier molecular flexibility index (Phi) is 0.606. The van der Waals surface area contributed by atoms with Gasteiger partial charge >= 0.3 is 0 Å². The van der Waals surface area contributed by atoms with Crippen molar-refractivity contribution in [1.29, 1.82) is 1.43 Å². The minimum Gasteiger partial charge on any atom is -0.251 e. The average Bonchev–Trinajstić information content (AvgIpc) is 1.78. The van der Waals surface area contributed by atoms with Gasteiger partial charge in [-0.3, -0.25) is 5.26 Å². The zero-order valence-corrected chi connectivity index (χ0v) is 4.82. The molecule has 0 heterocycles. The Hall–Kier alpha value is -0.340. The Morgan fingerprint density at radius 1 is 2.12 bits per heavy atom. The summed E-state index contributed by atoms with van der Waals surface area (Å²) in [6.45, 7) is -0.841. The molecule has 0 aliphatic rings. The van der Waals surface area contributed by atoms with E-state index in [0.717, 1.165) is 0 Å². The monoisotopic (exact) mass is 122 g/mol. The molecule has 8 heavy (non-hydrogen) atoms. The third-order valence-corrected chi connectivity index (χ3v) is 0.810. The zero-order chi connectivity index (χ0) is 11.6. The lowest BCUT2D eigenvalue weighted by Gasteiger charge is -2.19. The summed E-state index contributed by atoms with van der Waals surface area (Å²) < 4.78 is 41.7. The molecule has 0 saturated carbocycles. The summed E-state index contributed by atoms with van der Waals surface area (Å²) >= 11 is 0. The largest absolute Gasteiger partial charge is 0.255 e. The van der Waals surface area contributed by atoms with Crippen LogP contribution in [-0.4, -0.2) is 10.9 Å². The molecule has 0 rings (SSSR count). The summed E-state index contributed by atoms with van der Waals surface area (Å²) in [6.07, 6.45) is 0. The minimum absolute atomic E-state index is 0.503. The van der Waals surface area contributed by atoms with Gasteiger partial charge in [-0.25, -0.2) is 4.89 Å². The summed E-state index contributed by atoms with van der Waals surface area (Å²) in [5, 5.41) is 3.63. The predicted molar refractivity (Wildman–Crippen MR) is 32.6 cm³/mol. The van der Waals surface area contributed by atoms with Crippen molar-refractivity contribution in [3.8, 4) is 0 Å². The Labute approximate surface area is 58.2 Å². The zero-order valence-electron chi connectivity index (χ0n) is 10.8. The van der Waals surface area contributed by atoms with Crippen LogP contribution in [0, 0.1) is 0 Å². The van der Waals surface area contributed by atoms with Crippen molar-refractivity contribution in [2.24, 2.45) is 0 Å². The molecular weight excluding hydrogens is 104 g/mol. The summed E-state index contributed by atoms with van der Waals surface area (Å²) in [4.78, 5) is 4.39. The van der Waals surface area contributed by atoms with Crippen molar-refractivity contribution in [2.45, 2.75) is 26.3 Å². The number of hydrogen-bond donors (Lipinski definition) is 1. The van der Waals surface area contributed by atoms with Gasteiger partial charge in [0.25, 0.3) is 1.43 Å². The average molecular weight is 122 g/mol. The maximum Gasteiger partial charge on any atom is 0.255 e. The highest BCUT2D eigenvalue weighted by atomic mass is 17.1. The molecule has 2 heteroatoms. The second-order valence-electron chi connectivity index (χ2n) is 1.97. The van der Waals surface area contributed by atoms with Crippen LogP contribution in [0.3, 0.4) is 0 Å². The highest BCUT2D eigenvalue weighted by Crippen LogP contribution is 2.15. The van der Waals surface area contributed by atoms with E-state index in [4.69, 9.17) is 8.28 Å². The molecular formula is C6H12O2. The lowest BCUT2D eigenvalue weighted by atomic mass is 10.0. The van der Waals surface area contributed by atoms with Crippen molar-refractivity contribution in [3.05, 3.63) is 12.1 Å². The fourth-order valence-electron chi connectivity index (χ4n) is 0.0417. The summed E-state index contributed by atoms with van der Waals surface area (Å²) in [7, 11) is 0. The maximum atomic E-state index is 7.09. The number of hydrogen-bond acceptors (Lipinski definition) is 2. The summed E-state index contributed by atoms with van der Waals surface area (Å²) in [5.41, 5.74) is -2.00. The molecule has 0 bridgehead atoms. The quantitative estimate of drug-likeness (QED) is 0.351. The lowest BCUT2D eigenvalue weighted by molar-refractivity contribution is -0.300. The van der Waals surface area contributed by atoms with Gasteiger partial charge in [0.15, 0.2) is 0 Å². The maximum absolute atomic E-state index is 7.09. The molecule has 0 saturated heterocycles. The normalized spacial score (nSPS) is 23.2. The van der Waals surface area contributed by atoms with E-state index in [9.17, 15) is 0 Å². The highest BCUT2D eigenvalue weighted by Gasteiger charge is 2.18. The first-order valence-corrected chi connectivity index (χ1v) is 2.12. The molecule has 0 atom stereocenters. The second-order valence-corrected chi connectivity index (χ2v) is 1.97. The van der Waals surface area contributed by atoms with E-state index in [0.29, 0.717) is 0 Å². The van der Waals surface area contributed by atoms with E-state index in [2.05, 4.69) is 10.1 Å². The fourth-order valence-corrected chi connectivity index (χ4v) is 0.0417. The lowest BCUT2D eigenvalue weighted by Crippen LogP contribution is -2.23. The van der Waals surface area contributed by atoms with Crippen molar-refractivity contribution in [3.63, 3.8) is 0 Å². The molecule has 0 fully saturated rings. The van der Waals surface area contributed by atoms with Gasteiger partial charge in [0.1, 0.15) is 5.60 Å². The molecule has 0 aromatic heterocycles. The standard InChI is InChI=1S/C6H12O2/c1-5(2)6(3,4)8-7/h7H,1H2,2-4H3/i1D2,2D3/hD. The molecule has 2 nitrogen and oxygen atoms in total. The molecule has 1 N–H and O–H groups in total. The summed E-state index contributed by atoms with van der Waals surface area (Å²) in [5.74, 6) is 0. The van der Waals surface area contributed by atoms with E-state index >= 15 is 0 Å². The van der Waals surface area contributed by atoms with E-state index in [-0.39, 0.29) is 0 Å². The first-order valence-electron chi connectivity index (χ1n) is 5.03. The Bertz CT molecular complexity index is 227. The van der Waals surface area contributed by atoms with Gasteiger partial charge in [0.2, 0.25) is 0 Å². The first-order chi connectivity index (χ1) is 6.13. The van der Waals surface area contributed by atoms with Crippen LogP contribution >= 0.6 is 0 Å². The Morgan fingerprint density at radius 3 is 3.25 bits per heavy atom. The Morgan fingerprint density at radius 2 is 2.88 bits per heavy atom. The Balaban J connectivity index is 5.16. The molecule has 0 radical (unpaired) electrons. The fraction of sp³-hybridized carbons (Fsp3) is 0.667. The van der Waals surface area contributed by atoms with Crippen molar-refractivity contribution < 1.29 is 17.0 Å². The molecule has 0 aliphatic heterocycles. The SMILES string of the molecule is [2H]OOC(C)(C)C(=C([2H])[2H])C([2H])([2H])[2H]. The third kappa shape index (κ3) is 1.64. The molecule has 0 aromatic rings. The van der Waals surface area contributed by atoms with Crippen LogP contribution < -0.4 is 0 Å². The van der Waals surface area contributed by atoms with Crippen LogP contribution in [0.5, 0.6) is 0 Å². The molecule has 0 unspecified atom stereocenters. The van der Waals surface area contributed by atoms with Crippen LogP contribution in [0.4, 0.5) is 0 Å². The third-order valence-electron chi connectivity index (χ3n) is 0.810. The van der Waals surface area contributed by atoms with Gasteiger partial charge < -0.3 is 0 Å². The van der Waals surface area contributed by atoms with Gasteiger partial charge in [0, 0.05) is 4.11 Å². The van der Waals surface area contributed by atoms with Crippen LogP contribution in [-0.2, 0) is 4.89 Å². The highest BCUT2D eigenvalue weighted by molar-refractivity contribution is 5.04. The minimum atomic E-state index is -2.61. The van der Waals surface area contributed by atoms with E-state index in [1.165, 1.54) is 13.8 Å². The van der Waals surface area contributed by atoms with Gasteiger partial charge in [-0.05, 0) is 26.3 Å². The van der Waals surface area contributed by atoms with Crippen LogP contribution in [0.25, 0.3) is 1.43 Å². The predicted octanol–water partition coefficient (Wildman–Crippen LogP) is 1.83. The van der Waals surface area contributed by atoms with Gasteiger partial charge in [0.05, 0.1) is 2.74 Å². The van der Waals surface area contributed by atoms with E-state index in [1.54, 1.807) is 0 Å². The van der Waals surface area contributed by atoms with E-state index < -0.39 is 24.6 Å². The first kappa shape index (κ1) is 2.12. The van der Waals surface area contributed by atoms with Crippen molar-refractivity contribution >= 4 is 0 Å². The van der Waals surface area contributed by atoms with Crippen molar-refractivity contribution in [2.75, 3.05) is 0 Å². The molecule has 0 aliphatic carbocycles. The summed E-state index contributed by atoms with van der Waals surface area (Å²) in [6, 6.07) is 0. The smallest absolute Gasteiger partial charge is 0.251 e. The van der Waals surface area contributed by atoms with Crippen LogP contribution in [0.15, 0.2) is 12.1 Å². The van der Waals surface area contributed by atoms with Crippen molar-refractivity contribution in [1.82, 2.24) is 0 Å². The molecule has 0 amide bonds. The van der Waals surface area contributed by atoms with Gasteiger partial charge in [-0.1, -0.05) is 6.53 Å². The molecule has 48 valence electrons. The molecule has 0 spiro atoms. The van der Waals surface area contributed by atoms with Crippen LogP contribution in [0.2, 0.25) is 0 Å². The molecule has 0 aromatic carbocycles. The van der Waals surface area contributed by atoms with Gasteiger partial charge in [-0.15, -0.1) is 0 Å². The second kappa shape index (κ2) is 2.29. The van der Waals surface area contributed by atoms with Crippen LogP contribution in [0.1, 0.15) is 27.6 Å². The topological polar surface area (TPSA) is 29.5 Å². The van der Waals surface area contributed by atoms with Gasteiger partial charge in [-0.2, -0.15) is 0 Å².